The molecule has 0 saturated carbocycles. The van der Waals surface area contributed by atoms with Gasteiger partial charge in [-0.25, -0.2) is 0 Å². The lowest BCUT2D eigenvalue weighted by Gasteiger charge is -2.30. The van der Waals surface area contributed by atoms with Crippen LogP contribution < -0.4 is 17.0 Å². The number of quaternary nitrogens is 1. The molecule has 0 aliphatic heterocycles. The molecule has 0 N–H and O–H groups in total. The molecule has 0 radical (unpaired) electrons. The first-order valence-electron chi connectivity index (χ1n) is 14.4. The molecule has 0 unspecified atom stereocenters. The highest BCUT2D eigenvalue weighted by molar-refractivity contribution is 4.50. The fourth-order valence-corrected chi connectivity index (χ4v) is 4.70. The van der Waals surface area contributed by atoms with E-state index in [0.717, 1.165) is 0 Å². The van der Waals surface area contributed by atoms with Gasteiger partial charge in [-0.15, -0.1) is 0 Å². The zero-order valence-electron chi connectivity index (χ0n) is 22.5. The maximum Gasteiger partial charge on any atom is 0.0782 e. The highest BCUT2D eigenvalue weighted by Gasteiger charge is 2.13. The van der Waals surface area contributed by atoms with Crippen LogP contribution in [-0.2, 0) is 0 Å². The van der Waals surface area contributed by atoms with Crippen LogP contribution in [0.2, 0.25) is 0 Å². The van der Waals surface area contributed by atoms with E-state index >= 15 is 0 Å². The van der Waals surface area contributed by atoms with Gasteiger partial charge in [0.15, 0.2) is 0 Å². The Labute approximate surface area is 209 Å². The molecular weight excluding hydrogens is 442 g/mol. The van der Waals surface area contributed by atoms with Gasteiger partial charge in [-0.1, -0.05) is 136 Å². The first-order chi connectivity index (χ1) is 14.6. The van der Waals surface area contributed by atoms with Crippen molar-refractivity contribution in [1.82, 2.24) is 0 Å². The van der Waals surface area contributed by atoms with Crippen molar-refractivity contribution in [2.75, 3.05) is 27.2 Å². The van der Waals surface area contributed by atoms with E-state index in [1.165, 1.54) is 165 Å². The molecule has 0 saturated heterocycles. The van der Waals surface area contributed by atoms with E-state index in [9.17, 15) is 0 Å². The summed E-state index contributed by atoms with van der Waals surface area (Å²) < 4.78 is 1.24. The number of hydrogen-bond acceptors (Lipinski definition) is 0. The maximum atomic E-state index is 2.45. The topological polar surface area (TPSA) is 0 Å². The monoisotopic (exact) mass is 503 g/mol. The van der Waals surface area contributed by atoms with Crippen molar-refractivity contribution in [3.63, 3.8) is 0 Å². The van der Waals surface area contributed by atoms with E-state index in [2.05, 4.69) is 27.9 Å². The Kier molecular flexibility index (Phi) is 28.9. The van der Waals surface area contributed by atoms with Crippen molar-refractivity contribution < 1.29 is 21.5 Å². The van der Waals surface area contributed by atoms with Crippen LogP contribution in [-0.4, -0.2) is 31.7 Å². The zero-order valence-corrected chi connectivity index (χ0v) is 24.1. The van der Waals surface area contributed by atoms with Crippen molar-refractivity contribution in [1.29, 1.82) is 0 Å². The lowest BCUT2D eigenvalue weighted by Crippen LogP contribution is -3.00. The van der Waals surface area contributed by atoms with Gasteiger partial charge in [0, 0.05) is 0 Å². The largest absolute Gasteiger partial charge is 1.00 e. The van der Waals surface area contributed by atoms with Crippen molar-refractivity contribution in [2.24, 2.45) is 0 Å². The summed E-state index contributed by atoms with van der Waals surface area (Å²) in [7, 11) is 4.89. The molecule has 190 valence electrons. The molecular formula is C29H62BrN. The van der Waals surface area contributed by atoms with Crippen LogP contribution >= 0.6 is 0 Å². The fraction of sp³-hybridized carbons (Fsp3) is 1.00. The molecule has 0 bridgehead atoms. The van der Waals surface area contributed by atoms with E-state index in [0.29, 0.717) is 0 Å². The summed E-state index contributed by atoms with van der Waals surface area (Å²) in [5, 5.41) is 0. The van der Waals surface area contributed by atoms with Crippen molar-refractivity contribution in [2.45, 2.75) is 162 Å². The molecule has 1 nitrogen and oxygen atoms in total. The molecule has 2 heteroatoms. The number of hydrogen-bond donors (Lipinski definition) is 0. The Morgan fingerprint density at radius 3 is 0.742 bits per heavy atom. The van der Waals surface area contributed by atoms with Gasteiger partial charge in [0.25, 0.3) is 0 Å². The van der Waals surface area contributed by atoms with Crippen LogP contribution in [0.4, 0.5) is 0 Å². The zero-order chi connectivity index (χ0) is 22.2. The van der Waals surface area contributed by atoms with Gasteiger partial charge in [0.2, 0.25) is 0 Å². The van der Waals surface area contributed by atoms with Crippen molar-refractivity contribution in [3.05, 3.63) is 0 Å². The highest BCUT2D eigenvalue weighted by atomic mass is 79.9. The Balaban J connectivity index is 0. The first-order valence-corrected chi connectivity index (χ1v) is 14.4. The lowest BCUT2D eigenvalue weighted by molar-refractivity contribution is -0.890. The Hall–Kier alpha value is 0.440. The molecule has 0 aromatic carbocycles. The van der Waals surface area contributed by atoms with Crippen molar-refractivity contribution in [3.8, 4) is 0 Å². The number of unbranched alkanes of at least 4 members (excludes halogenated alkanes) is 21. The molecule has 31 heavy (non-hydrogen) atoms. The summed E-state index contributed by atoms with van der Waals surface area (Å²) in [4.78, 5) is 0. The summed E-state index contributed by atoms with van der Waals surface area (Å²) >= 11 is 0. The van der Waals surface area contributed by atoms with Gasteiger partial charge < -0.3 is 21.5 Å². The molecule has 0 atom stereocenters. The van der Waals surface area contributed by atoms with Crippen molar-refractivity contribution >= 4 is 0 Å². The minimum atomic E-state index is 0. The van der Waals surface area contributed by atoms with Crippen LogP contribution in [0.25, 0.3) is 0 Å². The molecule has 0 fully saturated rings. The van der Waals surface area contributed by atoms with E-state index < -0.39 is 0 Å². The Bertz CT molecular complexity index is 316. The summed E-state index contributed by atoms with van der Waals surface area (Å²) in [6.07, 6.45) is 33.5. The van der Waals surface area contributed by atoms with Crippen LogP contribution in [0.15, 0.2) is 0 Å². The van der Waals surface area contributed by atoms with E-state index in [1.54, 1.807) is 0 Å². The van der Waals surface area contributed by atoms with Gasteiger partial charge in [-0.2, -0.15) is 0 Å². The van der Waals surface area contributed by atoms with Gasteiger partial charge in [0.1, 0.15) is 0 Å². The standard InChI is InChI=1S/C29H62N.BrH/c1-5-7-9-11-13-14-15-16-17-18-19-20-21-23-25-27-29-30(3,4)28-26-24-22-12-10-8-6-2;/h5-29H2,1-4H3;1H/q+1;/p-1. The predicted octanol–water partition coefficient (Wildman–Crippen LogP) is 7.08. The van der Waals surface area contributed by atoms with E-state index in [4.69, 9.17) is 0 Å². The van der Waals surface area contributed by atoms with Crippen LogP contribution in [0.3, 0.4) is 0 Å². The number of nitrogens with zero attached hydrogens (tertiary/aromatic N) is 1. The minimum Gasteiger partial charge on any atom is -1.00 e. The third kappa shape index (κ3) is 28.4. The summed E-state index contributed by atoms with van der Waals surface area (Å²) in [6, 6.07) is 0. The SMILES string of the molecule is CCCCCCCCCCCCCCCCCC[N+](C)(C)CCCCCCCCC.[Br-]. The van der Waals surface area contributed by atoms with Crippen LogP contribution in [0, 0.1) is 0 Å². The first kappa shape index (κ1) is 33.6. The third-order valence-corrected chi connectivity index (χ3v) is 6.98. The summed E-state index contributed by atoms with van der Waals surface area (Å²) in [5.41, 5.74) is 0. The smallest absolute Gasteiger partial charge is 0.0782 e. The minimum absolute atomic E-state index is 0. The second-order valence-corrected chi connectivity index (χ2v) is 10.8. The second-order valence-electron chi connectivity index (χ2n) is 10.8. The molecule has 0 rings (SSSR count). The third-order valence-electron chi connectivity index (χ3n) is 6.98. The summed E-state index contributed by atoms with van der Waals surface area (Å²) in [5.74, 6) is 0. The predicted molar refractivity (Wildman–Crippen MR) is 139 cm³/mol. The Morgan fingerprint density at radius 1 is 0.323 bits per heavy atom. The Morgan fingerprint density at radius 2 is 0.516 bits per heavy atom. The second kappa shape index (κ2) is 26.7. The van der Waals surface area contributed by atoms with Gasteiger partial charge in [-0.05, 0) is 25.7 Å². The number of rotatable bonds is 25. The molecule has 0 aromatic heterocycles. The maximum absolute atomic E-state index is 2.45. The summed E-state index contributed by atoms with van der Waals surface area (Å²) in [6.45, 7) is 7.37. The molecule has 0 aromatic rings. The van der Waals surface area contributed by atoms with E-state index in [1.807, 2.05) is 0 Å². The normalized spacial score (nSPS) is 11.6. The van der Waals surface area contributed by atoms with Crippen LogP contribution in [0.1, 0.15) is 162 Å². The molecule has 0 spiro atoms. The molecule has 0 aliphatic carbocycles. The molecule has 0 aliphatic rings. The lowest BCUT2D eigenvalue weighted by atomic mass is 10.0. The van der Waals surface area contributed by atoms with Gasteiger partial charge in [-0.3, -0.25) is 0 Å². The quantitative estimate of drug-likeness (QED) is 0.0921. The van der Waals surface area contributed by atoms with Gasteiger partial charge >= 0.3 is 0 Å². The molecule has 0 amide bonds. The van der Waals surface area contributed by atoms with E-state index in [-0.39, 0.29) is 17.0 Å². The van der Waals surface area contributed by atoms with Crippen LogP contribution in [0.5, 0.6) is 0 Å². The molecule has 0 heterocycles. The fourth-order valence-electron chi connectivity index (χ4n) is 4.70. The average Bonchev–Trinajstić information content (AvgIpc) is 2.72. The highest BCUT2D eigenvalue weighted by Crippen LogP contribution is 2.15. The number of halogens is 1. The van der Waals surface area contributed by atoms with Gasteiger partial charge in [0.05, 0.1) is 27.2 Å². The average molecular weight is 505 g/mol.